The lowest BCUT2D eigenvalue weighted by Crippen LogP contribution is -2.37. The first-order valence-corrected chi connectivity index (χ1v) is 13.3. The van der Waals surface area contributed by atoms with Crippen LogP contribution in [0, 0.1) is 5.92 Å². The second-order valence-corrected chi connectivity index (χ2v) is 10.6. The second-order valence-electron chi connectivity index (χ2n) is 10.6. The molecule has 37 heavy (non-hydrogen) atoms. The monoisotopic (exact) mass is 502 g/mol. The van der Waals surface area contributed by atoms with E-state index in [1.54, 1.807) is 4.90 Å². The van der Waals surface area contributed by atoms with E-state index in [4.69, 9.17) is 0 Å². The third kappa shape index (κ3) is 6.34. The van der Waals surface area contributed by atoms with Gasteiger partial charge in [0.2, 0.25) is 5.91 Å². The van der Waals surface area contributed by atoms with Gasteiger partial charge >= 0.3 is 0 Å². The maximum absolute atomic E-state index is 12.2. The summed E-state index contributed by atoms with van der Waals surface area (Å²) in [6.07, 6.45) is 14.7. The summed E-state index contributed by atoms with van der Waals surface area (Å²) in [4.78, 5) is 23.0. The topological polar surface area (TPSA) is 59.9 Å². The van der Waals surface area contributed by atoms with Gasteiger partial charge in [-0.3, -0.25) is 19.4 Å². The number of allylic oxidation sites excluding steroid dienone is 3. The number of aromatic amines is 1. The lowest BCUT2D eigenvalue weighted by molar-refractivity contribution is -0.124. The van der Waals surface area contributed by atoms with E-state index in [-0.39, 0.29) is 5.91 Å². The van der Waals surface area contributed by atoms with Gasteiger partial charge in [-0.15, -0.1) is 0 Å². The SMILES string of the molecule is C=c1cc(CN2CCC(C3=CC=C(C(=O)N(C)C)CC3)CC2)n(C)[nH]cc/c1=C1/C=CC(=NC)CN1C. The number of piperidine rings is 1. The molecule has 2 aliphatic heterocycles. The number of nitrogens with zero attached hydrogens (tertiary/aromatic N) is 5. The summed E-state index contributed by atoms with van der Waals surface area (Å²) in [7, 11) is 9.65. The maximum atomic E-state index is 12.2. The van der Waals surface area contributed by atoms with E-state index in [1.165, 1.54) is 11.3 Å². The van der Waals surface area contributed by atoms with Crippen LogP contribution >= 0.6 is 0 Å². The molecule has 0 bridgehead atoms. The number of H-pyrrole nitrogens is 1. The molecule has 7 nitrogen and oxygen atoms in total. The lowest BCUT2D eigenvalue weighted by atomic mass is 9.83. The highest BCUT2D eigenvalue weighted by molar-refractivity contribution is 6.00. The van der Waals surface area contributed by atoms with Crippen molar-refractivity contribution >= 4 is 23.9 Å². The summed E-state index contributed by atoms with van der Waals surface area (Å²) < 4.78 is 2.09. The molecule has 0 aromatic carbocycles. The number of hydrogen-bond acceptors (Lipinski definition) is 4. The molecule has 7 heteroatoms. The minimum Gasteiger partial charge on any atom is -0.368 e. The number of amides is 1. The van der Waals surface area contributed by atoms with Crippen molar-refractivity contribution in [3.05, 3.63) is 69.9 Å². The molecule has 1 saturated heterocycles. The standard InChI is InChI=1S/C30H42N6O/c1-22-19-27(35(6)32-16-13-28(22)29-12-11-26(31-2)20-34(29)5)21-36-17-14-24(15-18-36)23-7-9-25(10-8-23)30(37)33(3)4/h7,9,11-13,16,19,24,32H,1,8,10,14-15,17-18,20-21H2,2-6H3/b16-13?,27-19?,29-28+,31-26?. The number of hydrogen-bond donors (Lipinski definition) is 1. The minimum absolute atomic E-state index is 0.135. The highest BCUT2D eigenvalue weighted by Crippen LogP contribution is 2.32. The van der Waals surface area contributed by atoms with Crippen LogP contribution in [-0.4, -0.2) is 83.9 Å². The number of likely N-dealkylation sites (tertiary alicyclic amines) is 1. The molecule has 0 radical (unpaired) electrons. The summed E-state index contributed by atoms with van der Waals surface area (Å²) in [5.74, 6) is 0.751. The Kier molecular flexibility index (Phi) is 8.54. The Balaban J connectivity index is 1.48. The zero-order valence-corrected chi connectivity index (χ0v) is 23.1. The smallest absolute Gasteiger partial charge is 0.249 e. The van der Waals surface area contributed by atoms with Crippen LogP contribution in [0.3, 0.4) is 0 Å². The second kappa shape index (κ2) is 11.8. The number of aromatic nitrogens is 2. The van der Waals surface area contributed by atoms with Gasteiger partial charge in [0.15, 0.2) is 0 Å². The van der Waals surface area contributed by atoms with Crippen LogP contribution in [0.15, 0.2) is 58.8 Å². The van der Waals surface area contributed by atoms with E-state index in [2.05, 4.69) is 75.6 Å². The van der Waals surface area contributed by atoms with Crippen LogP contribution in [-0.2, 0) is 18.4 Å². The van der Waals surface area contributed by atoms with Crippen molar-refractivity contribution in [3.63, 3.8) is 0 Å². The van der Waals surface area contributed by atoms with E-state index in [1.807, 2.05) is 33.4 Å². The Morgan fingerprint density at radius 2 is 1.92 bits per heavy atom. The summed E-state index contributed by atoms with van der Waals surface area (Å²) in [5.41, 5.74) is 5.87. The quantitative estimate of drug-likeness (QED) is 0.688. The first-order chi connectivity index (χ1) is 17.8. The van der Waals surface area contributed by atoms with Crippen LogP contribution in [0.2, 0.25) is 0 Å². The van der Waals surface area contributed by atoms with Gasteiger partial charge in [-0.1, -0.05) is 24.3 Å². The van der Waals surface area contributed by atoms with Gasteiger partial charge in [0.1, 0.15) is 0 Å². The minimum atomic E-state index is 0.135. The molecule has 0 atom stereocenters. The summed E-state index contributed by atoms with van der Waals surface area (Å²) in [6, 6.07) is 4.32. The lowest BCUT2D eigenvalue weighted by Gasteiger charge is -2.34. The largest absolute Gasteiger partial charge is 0.368 e. The van der Waals surface area contributed by atoms with Crippen molar-refractivity contribution in [1.82, 2.24) is 24.5 Å². The van der Waals surface area contributed by atoms with Crippen LogP contribution in [0.4, 0.5) is 0 Å². The molecule has 0 unspecified atom stereocenters. The first kappa shape index (κ1) is 26.7. The molecule has 3 heterocycles. The molecule has 198 valence electrons. The molecule has 1 fully saturated rings. The molecule has 0 saturated carbocycles. The molecular formula is C30H42N6O. The van der Waals surface area contributed by atoms with Crippen LogP contribution < -0.4 is 10.4 Å². The predicted molar refractivity (Wildman–Crippen MR) is 153 cm³/mol. The number of carbonyl (C=O) groups is 1. The molecule has 0 spiro atoms. The number of aliphatic imine (C=N–C) groups is 1. The number of likely N-dealkylation sites (N-methyl/N-ethyl adjacent to an activating group) is 2. The van der Waals surface area contributed by atoms with E-state index in [0.717, 1.165) is 79.3 Å². The fraction of sp³-hybridized carbons (Fsp3) is 0.467. The predicted octanol–water partition coefficient (Wildman–Crippen LogP) is 2.52. The van der Waals surface area contributed by atoms with Crippen molar-refractivity contribution in [1.29, 1.82) is 0 Å². The van der Waals surface area contributed by atoms with Crippen molar-refractivity contribution in [2.45, 2.75) is 32.2 Å². The Bertz CT molecular complexity index is 1300. The van der Waals surface area contributed by atoms with E-state index in [9.17, 15) is 4.79 Å². The molecule has 4 rings (SSSR count). The normalized spacial score (nSPS) is 21.5. The fourth-order valence-electron chi connectivity index (χ4n) is 5.47. The molecule has 1 aliphatic carbocycles. The van der Waals surface area contributed by atoms with E-state index >= 15 is 0 Å². The Labute approximate surface area is 221 Å². The van der Waals surface area contributed by atoms with Gasteiger partial charge < -0.3 is 14.9 Å². The molecular weight excluding hydrogens is 460 g/mol. The third-order valence-electron chi connectivity index (χ3n) is 7.80. The van der Waals surface area contributed by atoms with Crippen LogP contribution in [0.25, 0.3) is 12.3 Å². The molecule has 1 N–H and O–H groups in total. The molecule has 1 aromatic rings. The van der Waals surface area contributed by atoms with Crippen molar-refractivity contribution < 1.29 is 4.79 Å². The number of carbonyl (C=O) groups excluding carboxylic acids is 1. The summed E-state index contributed by atoms with van der Waals surface area (Å²) in [5, 5.41) is 5.53. The maximum Gasteiger partial charge on any atom is 0.249 e. The van der Waals surface area contributed by atoms with Gasteiger partial charge in [0, 0.05) is 70.2 Å². The van der Waals surface area contributed by atoms with Crippen molar-refractivity contribution in [3.8, 4) is 0 Å². The Morgan fingerprint density at radius 1 is 1.16 bits per heavy atom. The van der Waals surface area contributed by atoms with Gasteiger partial charge in [0.25, 0.3) is 0 Å². The van der Waals surface area contributed by atoms with Gasteiger partial charge in [-0.25, -0.2) is 0 Å². The van der Waals surface area contributed by atoms with Gasteiger partial charge in [-0.05, 0) is 74.2 Å². The Hall–Kier alpha value is -3.32. The number of rotatable bonds is 4. The van der Waals surface area contributed by atoms with E-state index in [0.29, 0.717) is 5.92 Å². The number of nitrogens with one attached hydrogen (secondary N) is 1. The average molecular weight is 503 g/mol. The zero-order chi connectivity index (χ0) is 26.5. The summed E-state index contributed by atoms with van der Waals surface area (Å²) in [6.45, 7) is 8.25. The molecule has 3 aliphatic rings. The van der Waals surface area contributed by atoms with Crippen molar-refractivity contribution in [2.24, 2.45) is 18.0 Å². The first-order valence-electron chi connectivity index (χ1n) is 13.3. The summed E-state index contributed by atoms with van der Waals surface area (Å²) >= 11 is 0. The van der Waals surface area contributed by atoms with E-state index < -0.39 is 0 Å². The zero-order valence-electron chi connectivity index (χ0n) is 23.1. The molecule has 1 amide bonds. The highest BCUT2D eigenvalue weighted by atomic mass is 16.2. The van der Waals surface area contributed by atoms with Gasteiger partial charge in [-0.2, -0.15) is 0 Å². The Morgan fingerprint density at radius 3 is 2.54 bits per heavy atom. The number of aryl methyl sites for hydroxylation is 1. The average Bonchev–Trinajstić information content (AvgIpc) is 2.90. The van der Waals surface area contributed by atoms with Crippen LogP contribution in [0.5, 0.6) is 0 Å². The van der Waals surface area contributed by atoms with Crippen LogP contribution in [0.1, 0.15) is 31.4 Å². The third-order valence-corrected chi connectivity index (χ3v) is 7.80. The van der Waals surface area contributed by atoms with Crippen molar-refractivity contribution in [2.75, 3.05) is 47.8 Å². The molecule has 1 aromatic heterocycles. The van der Waals surface area contributed by atoms with Gasteiger partial charge in [0.05, 0.1) is 12.3 Å². The fourth-order valence-corrected chi connectivity index (χ4v) is 5.47. The highest BCUT2D eigenvalue weighted by Gasteiger charge is 2.25.